The minimum Gasteiger partial charge on any atom is -0.321 e. The number of para-hydroxylation sites is 1. The molecule has 0 spiro atoms. The molecule has 1 aliphatic carbocycles. The number of alkyl halides is 3. The molecule has 4 rings (SSSR count). The number of nitro benzene ring substituents is 1. The van der Waals surface area contributed by atoms with Gasteiger partial charge >= 0.3 is 6.18 Å². The third kappa shape index (κ3) is 5.72. The summed E-state index contributed by atoms with van der Waals surface area (Å²) in [5.41, 5.74) is -0.505. The fourth-order valence-corrected chi connectivity index (χ4v) is 5.91. The standard InChI is InChI=1S/C27H26F3N3O4S/c1-26(2,3)16-10-13-18-21(14-16)38-25(32-23(34)15-8-11-17(12-9-15)33(36)37)22(18)24(35)31-20-7-5-4-6-19(20)27(28,29)30/h4-9,11-12,16H,10,13-14H2,1-3H3,(H,31,35)(H,32,34). The van der Waals surface area contributed by atoms with Crippen LogP contribution in [0.5, 0.6) is 0 Å². The third-order valence-electron chi connectivity index (χ3n) is 6.77. The second-order valence-electron chi connectivity index (χ2n) is 10.3. The molecule has 7 nitrogen and oxygen atoms in total. The first-order valence-electron chi connectivity index (χ1n) is 11.9. The highest BCUT2D eigenvalue weighted by Gasteiger charge is 2.36. The fraction of sp³-hybridized carbons (Fsp3) is 0.333. The van der Waals surface area contributed by atoms with Crippen LogP contribution >= 0.6 is 11.3 Å². The number of carbonyl (C=O) groups is 2. The Morgan fingerprint density at radius 3 is 2.26 bits per heavy atom. The summed E-state index contributed by atoms with van der Waals surface area (Å²) in [5.74, 6) is -1.00. The molecule has 1 unspecified atom stereocenters. The van der Waals surface area contributed by atoms with Crippen molar-refractivity contribution in [1.29, 1.82) is 0 Å². The second kappa shape index (κ2) is 10.2. The van der Waals surface area contributed by atoms with Gasteiger partial charge in [0.2, 0.25) is 0 Å². The largest absolute Gasteiger partial charge is 0.418 e. The Balaban J connectivity index is 1.70. The maximum absolute atomic E-state index is 13.5. The maximum Gasteiger partial charge on any atom is 0.418 e. The SMILES string of the molecule is CC(C)(C)C1CCc2c(sc(NC(=O)c3ccc([N+](=O)[O-])cc3)c2C(=O)Nc2ccccc2C(F)(F)F)C1. The lowest BCUT2D eigenvalue weighted by atomic mass is 9.72. The second-order valence-corrected chi connectivity index (χ2v) is 11.4. The number of nitrogens with zero attached hydrogens (tertiary/aromatic N) is 1. The zero-order chi connectivity index (χ0) is 27.8. The first-order chi connectivity index (χ1) is 17.8. The summed E-state index contributed by atoms with van der Waals surface area (Å²) < 4.78 is 40.6. The lowest BCUT2D eigenvalue weighted by Crippen LogP contribution is -2.27. The molecule has 0 aliphatic heterocycles. The average molecular weight is 546 g/mol. The predicted molar refractivity (Wildman–Crippen MR) is 140 cm³/mol. The summed E-state index contributed by atoms with van der Waals surface area (Å²) in [6.07, 6.45) is -2.64. The molecule has 1 heterocycles. The van der Waals surface area contributed by atoms with E-state index in [9.17, 15) is 32.9 Å². The number of non-ortho nitro benzene ring substituents is 1. The molecule has 1 aliphatic rings. The van der Waals surface area contributed by atoms with Gasteiger partial charge in [-0.25, -0.2) is 0 Å². The topological polar surface area (TPSA) is 101 Å². The van der Waals surface area contributed by atoms with Crippen LogP contribution in [0.15, 0.2) is 48.5 Å². The molecule has 38 heavy (non-hydrogen) atoms. The van der Waals surface area contributed by atoms with Crippen molar-refractivity contribution >= 4 is 39.5 Å². The van der Waals surface area contributed by atoms with Gasteiger partial charge in [-0.2, -0.15) is 13.2 Å². The van der Waals surface area contributed by atoms with Crippen LogP contribution in [-0.4, -0.2) is 16.7 Å². The number of fused-ring (bicyclic) bond motifs is 1. The minimum atomic E-state index is -4.66. The molecular weight excluding hydrogens is 519 g/mol. The van der Waals surface area contributed by atoms with Crippen molar-refractivity contribution in [3.05, 3.63) is 85.8 Å². The minimum absolute atomic E-state index is 0.0118. The number of halogens is 3. The summed E-state index contributed by atoms with van der Waals surface area (Å²) in [7, 11) is 0. The van der Waals surface area contributed by atoms with E-state index in [4.69, 9.17) is 0 Å². The van der Waals surface area contributed by atoms with Crippen molar-refractivity contribution in [3.63, 3.8) is 0 Å². The van der Waals surface area contributed by atoms with Gasteiger partial charge < -0.3 is 10.6 Å². The summed E-state index contributed by atoms with van der Waals surface area (Å²) in [5, 5.41) is 16.3. The molecule has 2 N–H and O–H groups in total. The Bertz CT molecular complexity index is 1390. The number of hydrogen-bond acceptors (Lipinski definition) is 5. The van der Waals surface area contributed by atoms with Crippen molar-refractivity contribution in [1.82, 2.24) is 0 Å². The third-order valence-corrected chi connectivity index (χ3v) is 7.93. The average Bonchev–Trinajstić information content (AvgIpc) is 3.20. The van der Waals surface area contributed by atoms with Crippen molar-refractivity contribution in [3.8, 4) is 0 Å². The molecule has 0 saturated carbocycles. The summed E-state index contributed by atoms with van der Waals surface area (Å²) in [6, 6.07) is 9.72. The van der Waals surface area contributed by atoms with Gasteiger partial charge in [0.1, 0.15) is 5.00 Å². The number of anilines is 2. The highest BCUT2D eigenvalue weighted by molar-refractivity contribution is 7.17. The van der Waals surface area contributed by atoms with Gasteiger partial charge in [-0.15, -0.1) is 11.3 Å². The van der Waals surface area contributed by atoms with Gasteiger partial charge in [0.15, 0.2) is 0 Å². The highest BCUT2D eigenvalue weighted by atomic mass is 32.1. The van der Waals surface area contributed by atoms with Gasteiger partial charge in [-0.3, -0.25) is 19.7 Å². The molecule has 3 aromatic rings. The Labute approximate surface area is 221 Å². The molecule has 0 radical (unpaired) electrons. The first-order valence-corrected chi connectivity index (χ1v) is 12.7. The molecule has 0 bridgehead atoms. The van der Waals surface area contributed by atoms with E-state index in [0.29, 0.717) is 18.8 Å². The Morgan fingerprint density at radius 2 is 1.66 bits per heavy atom. The van der Waals surface area contributed by atoms with Crippen molar-refractivity contribution < 1.29 is 27.7 Å². The number of nitrogens with one attached hydrogen (secondary N) is 2. The zero-order valence-electron chi connectivity index (χ0n) is 20.9. The van der Waals surface area contributed by atoms with E-state index >= 15 is 0 Å². The molecule has 0 saturated heterocycles. The molecule has 2 amide bonds. The van der Waals surface area contributed by atoms with Gasteiger partial charge in [0.05, 0.1) is 21.7 Å². The van der Waals surface area contributed by atoms with Crippen LogP contribution < -0.4 is 10.6 Å². The Morgan fingerprint density at radius 1 is 1.00 bits per heavy atom. The molecule has 0 fully saturated rings. The predicted octanol–water partition coefficient (Wildman–Crippen LogP) is 7.33. The van der Waals surface area contributed by atoms with Crippen molar-refractivity contribution in [2.24, 2.45) is 11.3 Å². The van der Waals surface area contributed by atoms with Crippen LogP contribution in [0, 0.1) is 21.4 Å². The summed E-state index contributed by atoms with van der Waals surface area (Å²) in [6.45, 7) is 6.40. The fourth-order valence-electron chi connectivity index (χ4n) is 4.59. The van der Waals surface area contributed by atoms with E-state index in [1.165, 1.54) is 53.8 Å². The van der Waals surface area contributed by atoms with Gasteiger partial charge in [-0.05, 0) is 60.4 Å². The van der Waals surface area contributed by atoms with Crippen LogP contribution in [0.25, 0.3) is 0 Å². The maximum atomic E-state index is 13.5. The highest BCUT2D eigenvalue weighted by Crippen LogP contribution is 2.45. The number of amides is 2. The van der Waals surface area contributed by atoms with Crippen LogP contribution in [-0.2, 0) is 19.0 Å². The van der Waals surface area contributed by atoms with Crippen LogP contribution in [0.3, 0.4) is 0 Å². The number of benzene rings is 2. The molecule has 1 aromatic heterocycles. The normalized spacial score (nSPS) is 15.5. The smallest absolute Gasteiger partial charge is 0.321 e. The van der Waals surface area contributed by atoms with E-state index in [1.54, 1.807) is 0 Å². The van der Waals surface area contributed by atoms with Crippen molar-refractivity contribution in [2.75, 3.05) is 10.6 Å². The van der Waals surface area contributed by atoms with Crippen LogP contribution in [0.2, 0.25) is 0 Å². The number of hydrogen-bond donors (Lipinski definition) is 2. The monoisotopic (exact) mass is 545 g/mol. The molecule has 11 heteroatoms. The Kier molecular flexibility index (Phi) is 7.33. The number of carbonyl (C=O) groups excluding carboxylic acids is 2. The summed E-state index contributed by atoms with van der Waals surface area (Å²) >= 11 is 1.24. The molecule has 200 valence electrons. The Hall–Kier alpha value is -3.73. The van der Waals surface area contributed by atoms with E-state index in [2.05, 4.69) is 31.4 Å². The quantitative estimate of drug-likeness (QED) is 0.259. The van der Waals surface area contributed by atoms with E-state index in [0.717, 1.165) is 22.9 Å². The summed E-state index contributed by atoms with van der Waals surface area (Å²) in [4.78, 5) is 37.7. The molecule has 1 atom stereocenters. The van der Waals surface area contributed by atoms with Gasteiger partial charge in [-0.1, -0.05) is 32.9 Å². The lowest BCUT2D eigenvalue weighted by Gasteiger charge is -2.33. The zero-order valence-corrected chi connectivity index (χ0v) is 21.8. The number of thiophene rings is 1. The number of rotatable bonds is 5. The lowest BCUT2D eigenvalue weighted by molar-refractivity contribution is -0.384. The van der Waals surface area contributed by atoms with Gasteiger partial charge in [0, 0.05) is 22.6 Å². The van der Waals surface area contributed by atoms with Crippen molar-refractivity contribution in [2.45, 2.75) is 46.2 Å². The first kappa shape index (κ1) is 27.3. The van der Waals surface area contributed by atoms with E-state index < -0.39 is 28.5 Å². The van der Waals surface area contributed by atoms with Crippen LogP contribution in [0.4, 0.5) is 29.5 Å². The van der Waals surface area contributed by atoms with E-state index in [-0.39, 0.29) is 32.9 Å². The number of nitro groups is 1. The van der Waals surface area contributed by atoms with E-state index in [1.807, 2.05) is 0 Å². The van der Waals surface area contributed by atoms with Gasteiger partial charge in [0.25, 0.3) is 17.5 Å². The molecular formula is C27H26F3N3O4S. The molecule has 2 aromatic carbocycles. The van der Waals surface area contributed by atoms with Crippen LogP contribution in [0.1, 0.15) is 63.9 Å².